The molecule has 2 atom stereocenters. The van der Waals surface area contributed by atoms with Crippen LogP contribution >= 0.6 is 0 Å². The second-order valence-electron chi connectivity index (χ2n) is 9.74. The summed E-state index contributed by atoms with van der Waals surface area (Å²) in [4.78, 5) is 19.5. The van der Waals surface area contributed by atoms with E-state index in [0.717, 1.165) is 40.9 Å². The molecule has 5 rings (SSSR count). The SMILES string of the molecule is [C-]#[N+]c1ccc(-c2cccc3c(=O)n(-c4ccc(N5C[C@H](C)C[C@@H](C)C5)cc4)cc(C)c23)cc1. The number of rotatable bonds is 3. The summed E-state index contributed by atoms with van der Waals surface area (Å²) < 4.78 is 1.76. The van der Waals surface area contributed by atoms with Gasteiger partial charge in [0.05, 0.1) is 6.57 Å². The van der Waals surface area contributed by atoms with E-state index >= 15 is 0 Å². The Bertz CT molecular complexity index is 1430. The van der Waals surface area contributed by atoms with Gasteiger partial charge >= 0.3 is 0 Å². The highest BCUT2D eigenvalue weighted by Gasteiger charge is 2.22. The van der Waals surface area contributed by atoms with Crippen molar-refractivity contribution in [2.24, 2.45) is 11.8 Å². The standard InChI is InChI=1S/C30H29N3O/c1-20-16-21(2)18-32(17-20)25-12-14-26(15-13-25)33-19-22(3)29-27(6-5-7-28(29)30(33)34)23-8-10-24(31-4)11-9-23/h5-15,19-21H,16-18H2,1-3H3/t20-,21-/m1/s1. The molecular formula is C30H29N3O. The average molecular weight is 448 g/mol. The molecule has 2 heterocycles. The molecule has 0 amide bonds. The van der Waals surface area contributed by atoms with Crippen LogP contribution in [0.5, 0.6) is 0 Å². The zero-order valence-electron chi connectivity index (χ0n) is 20.0. The van der Waals surface area contributed by atoms with Gasteiger partial charge in [0.25, 0.3) is 5.56 Å². The van der Waals surface area contributed by atoms with E-state index in [1.54, 1.807) is 4.57 Å². The van der Waals surface area contributed by atoms with Crippen LogP contribution in [0.15, 0.2) is 77.7 Å². The number of nitrogens with zero attached hydrogens (tertiary/aromatic N) is 3. The molecule has 0 N–H and O–H groups in total. The molecule has 1 aliphatic heterocycles. The summed E-state index contributed by atoms with van der Waals surface area (Å²) in [6.45, 7) is 16.0. The topological polar surface area (TPSA) is 29.6 Å². The summed E-state index contributed by atoms with van der Waals surface area (Å²) in [7, 11) is 0. The van der Waals surface area contributed by atoms with Gasteiger partial charge in [-0.05, 0) is 77.6 Å². The average Bonchev–Trinajstić information content (AvgIpc) is 2.85. The zero-order chi connectivity index (χ0) is 23.8. The fourth-order valence-electron chi connectivity index (χ4n) is 5.45. The molecule has 4 aromatic rings. The number of fused-ring (bicyclic) bond motifs is 1. The van der Waals surface area contributed by atoms with Gasteiger partial charge in [0, 0.05) is 36.0 Å². The minimum Gasteiger partial charge on any atom is -0.371 e. The summed E-state index contributed by atoms with van der Waals surface area (Å²) in [5.74, 6) is 1.39. The highest BCUT2D eigenvalue weighted by molar-refractivity contribution is 5.98. The van der Waals surface area contributed by atoms with E-state index in [1.165, 1.54) is 12.1 Å². The maximum Gasteiger partial charge on any atom is 0.262 e. The normalized spacial score (nSPS) is 18.1. The highest BCUT2D eigenvalue weighted by Crippen LogP contribution is 2.32. The third kappa shape index (κ3) is 3.99. The van der Waals surface area contributed by atoms with E-state index in [1.807, 2.05) is 48.7 Å². The Morgan fingerprint density at radius 1 is 0.882 bits per heavy atom. The third-order valence-corrected chi connectivity index (χ3v) is 6.90. The number of benzene rings is 3. The minimum absolute atomic E-state index is 0.0202. The first-order chi connectivity index (χ1) is 16.4. The summed E-state index contributed by atoms with van der Waals surface area (Å²) in [5.41, 5.74) is 5.75. The van der Waals surface area contributed by atoms with Gasteiger partial charge < -0.3 is 4.90 Å². The van der Waals surface area contributed by atoms with Gasteiger partial charge in [-0.15, -0.1) is 0 Å². The van der Waals surface area contributed by atoms with Crippen LogP contribution in [0, 0.1) is 25.3 Å². The lowest BCUT2D eigenvalue weighted by molar-refractivity contribution is 0.357. The number of aromatic nitrogens is 1. The molecule has 1 aromatic heterocycles. The first-order valence-corrected chi connectivity index (χ1v) is 11.9. The van der Waals surface area contributed by atoms with E-state index in [4.69, 9.17) is 6.57 Å². The van der Waals surface area contributed by atoms with Crippen LogP contribution in [0.2, 0.25) is 0 Å². The van der Waals surface area contributed by atoms with Gasteiger partial charge in [-0.25, -0.2) is 4.85 Å². The van der Waals surface area contributed by atoms with Crippen molar-refractivity contribution in [3.05, 3.63) is 100 Å². The van der Waals surface area contributed by atoms with Crippen molar-refractivity contribution in [1.82, 2.24) is 4.57 Å². The fourth-order valence-corrected chi connectivity index (χ4v) is 5.45. The Labute approximate surface area is 200 Å². The van der Waals surface area contributed by atoms with Gasteiger partial charge in [-0.1, -0.05) is 50.2 Å². The van der Waals surface area contributed by atoms with Gasteiger partial charge in [0.15, 0.2) is 5.69 Å². The fraction of sp³-hybridized carbons (Fsp3) is 0.267. The van der Waals surface area contributed by atoms with Gasteiger partial charge in [0.1, 0.15) is 0 Å². The van der Waals surface area contributed by atoms with Crippen LogP contribution in [-0.2, 0) is 0 Å². The molecule has 170 valence electrons. The summed E-state index contributed by atoms with van der Waals surface area (Å²) >= 11 is 0. The smallest absolute Gasteiger partial charge is 0.262 e. The van der Waals surface area contributed by atoms with E-state index in [9.17, 15) is 4.79 Å². The summed E-state index contributed by atoms with van der Waals surface area (Å²) in [5, 5.41) is 1.67. The summed E-state index contributed by atoms with van der Waals surface area (Å²) in [6.07, 6.45) is 3.23. The van der Waals surface area contributed by atoms with Crippen molar-refractivity contribution in [3.63, 3.8) is 0 Å². The predicted octanol–water partition coefficient (Wildman–Crippen LogP) is 7.00. The van der Waals surface area contributed by atoms with Crippen molar-refractivity contribution in [2.45, 2.75) is 27.2 Å². The van der Waals surface area contributed by atoms with Crippen LogP contribution in [0.4, 0.5) is 11.4 Å². The Hall–Kier alpha value is -3.84. The molecule has 0 spiro atoms. The molecule has 0 saturated carbocycles. The van der Waals surface area contributed by atoms with E-state index < -0.39 is 0 Å². The van der Waals surface area contributed by atoms with E-state index in [2.05, 4.69) is 54.8 Å². The third-order valence-electron chi connectivity index (χ3n) is 6.90. The molecule has 0 radical (unpaired) electrons. The Kier molecular flexibility index (Phi) is 5.71. The minimum atomic E-state index is -0.0202. The first-order valence-electron chi connectivity index (χ1n) is 11.9. The second kappa shape index (κ2) is 8.83. The molecular weight excluding hydrogens is 418 g/mol. The molecule has 0 aliphatic carbocycles. The van der Waals surface area contributed by atoms with Crippen molar-refractivity contribution in [2.75, 3.05) is 18.0 Å². The first kappa shape index (κ1) is 22.0. The Morgan fingerprint density at radius 2 is 1.53 bits per heavy atom. The van der Waals surface area contributed by atoms with E-state index in [-0.39, 0.29) is 5.56 Å². The van der Waals surface area contributed by atoms with Gasteiger partial charge in [-0.2, -0.15) is 0 Å². The number of pyridine rings is 1. The number of piperidine rings is 1. The second-order valence-corrected chi connectivity index (χ2v) is 9.74. The monoisotopic (exact) mass is 447 g/mol. The molecule has 3 aromatic carbocycles. The number of hydrogen-bond acceptors (Lipinski definition) is 2. The molecule has 0 unspecified atom stereocenters. The zero-order valence-corrected chi connectivity index (χ0v) is 20.0. The largest absolute Gasteiger partial charge is 0.371 e. The summed E-state index contributed by atoms with van der Waals surface area (Å²) in [6, 6.07) is 21.8. The molecule has 1 fully saturated rings. The van der Waals surface area contributed by atoms with Crippen LogP contribution < -0.4 is 10.5 Å². The Balaban J connectivity index is 1.55. The lowest BCUT2D eigenvalue weighted by Crippen LogP contribution is -2.38. The van der Waals surface area contributed by atoms with E-state index in [0.29, 0.717) is 22.9 Å². The van der Waals surface area contributed by atoms with Crippen molar-refractivity contribution in [3.8, 4) is 16.8 Å². The number of anilines is 1. The molecule has 1 saturated heterocycles. The number of aryl methyl sites for hydroxylation is 1. The maximum atomic E-state index is 13.6. The Morgan fingerprint density at radius 3 is 2.18 bits per heavy atom. The maximum absolute atomic E-state index is 13.6. The molecule has 1 aliphatic rings. The lowest BCUT2D eigenvalue weighted by atomic mass is 9.91. The highest BCUT2D eigenvalue weighted by atomic mass is 16.1. The van der Waals surface area contributed by atoms with Gasteiger partial charge in [0.2, 0.25) is 0 Å². The molecule has 4 heteroatoms. The van der Waals surface area contributed by atoms with Crippen molar-refractivity contribution >= 4 is 22.1 Å². The van der Waals surface area contributed by atoms with Crippen LogP contribution in [-0.4, -0.2) is 17.7 Å². The van der Waals surface area contributed by atoms with Crippen LogP contribution in [0.1, 0.15) is 25.8 Å². The van der Waals surface area contributed by atoms with Crippen molar-refractivity contribution < 1.29 is 0 Å². The predicted molar refractivity (Wildman–Crippen MR) is 141 cm³/mol. The van der Waals surface area contributed by atoms with Crippen LogP contribution in [0.25, 0.3) is 32.4 Å². The molecule has 34 heavy (non-hydrogen) atoms. The molecule has 0 bridgehead atoms. The van der Waals surface area contributed by atoms with Crippen molar-refractivity contribution in [1.29, 1.82) is 0 Å². The lowest BCUT2D eigenvalue weighted by Gasteiger charge is -2.36. The quantitative estimate of drug-likeness (QED) is 0.317. The number of hydrogen-bond donors (Lipinski definition) is 0. The molecule has 4 nitrogen and oxygen atoms in total. The van der Waals surface area contributed by atoms with Gasteiger partial charge in [-0.3, -0.25) is 9.36 Å². The van der Waals surface area contributed by atoms with Crippen LogP contribution in [0.3, 0.4) is 0 Å².